The molecule has 2 aromatic carbocycles. The zero-order chi connectivity index (χ0) is 21.6. The Labute approximate surface area is 176 Å². The first-order valence-corrected chi connectivity index (χ1v) is 10.9. The molecule has 0 aliphatic carbocycles. The van der Waals surface area contributed by atoms with Crippen LogP contribution in [0, 0.1) is 0 Å². The molecule has 30 heavy (non-hydrogen) atoms. The van der Waals surface area contributed by atoms with Gasteiger partial charge in [-0.2, -0.15) is 0 Å². The Morgan fingerprint density at radius 3 is 2.33 bits per heavy atom. The summed E-state index contributed by atoms with van der Waals surface area (Å²) in [7, 11) is 0.0609. The molecule has 1 aromatic heterocycles. The van der Waals surface area contributed by atoms with Crippen LogP contribution >= 0.6 is 0 Å². The normalized spacial score (nSPS) is 11.3. The van der Waals surface area contributed by atoms with Crippen molar-refractivity contribution in [3.63, 3.8) is 0 Å². The van der Waals surface area contributed by atoms with Gasteiger partial charge in [-0.25, -0.2) is 8.42 Å². The van der Waals surface area contributed by atoms with Gasteiger partial charge in [0.2, 0.25) is 0 Å². The molecule has 1 heterocycles. The maximum absolute atomic E-state index is 12.8. The molecule has 0 atom stereocenters. The summed E-state index contributed by atoms with van der Waals surface area (Å²) in [5.74, 6) is -0.459. The molecule has 7 nitrogen and oxygen atoms in total. The zero-order valence-electron chi connectivity index (χ0n) is 16.9. The average Bonchev–Trinajstić information content (AvgIpc) is 2.73. The Bertz CT molecular complexity index is 1100. The van der Waals surface area contributed by atoms with Crippen molar-refractivity contribution in [2.24, 2.45) is 0 Å². The lowest BCUT2D eigenvalue weighted by Crippen LogP contribution is -2.26. The molecule has 3 aromatic rings. The minimum atomic E-state index is -3.94. The summed E-state index contributed by atoms with van der Waals surface area (Å²) in [6.07, 6.45) is 2.95. The first kappa shape index (κ1) is 21.5. The number of rotatable bonds is 8. The Balaban J connectivity index is 1.72. The zero-order valence-corrected chi connectivity index (χ0v) is 17.7. The molecule has 0 radical (unpaired) electrons. The van der Waals surface area contributed by atoms with Gasteiger partial charge < -0.3 is 10.2 Å². The van der Waals surface area contributed by atoms with Crippen LogP contribution in [0.4, 0.5) is 5.69 Å². The van der Waals surface area contributed by atoms with Crippen LogP contribution in [0.5, 0.6) is 0 Å². The molecular formula is C22H24N4O3S. The van der Waals surface area contributed by atoms with Crippen LogP contribution in [-0.4, -0.2) is 38.3 Å². The first-order valence-electron chi connectivity index (χ1n) is 9.38. The van der Waals surface area contributed by atoms with E-state index >= 15 is 0 Å². The molecule has 0 saturated carbocycles. The third-order valence-corrected chi connectivity index (χ3v) is 5.75. The van der Waals surface area contributed by atoms with E-state index in [1.54, 1.807) is 30.5 Å². The Hall–Kier alpha value is -3.23. The van der Waals surface area contributed by atoms with E-state index in [1.165, 1.54) is 23.9 Å². The van der Waals surface area contributed by atoms with Gasteiger partial charge in [-0.1, -0.05) is 36.4 Å². The summed E-state index contributed by atoms with van der Waals surface area (Å²) in [6, 6.07) is 17.3. The average molecular weight is 425 g/mol. The topological polar surface area (TPSA) is 91.4 Å². The number of amides is 1. The maximum Gasteiger partial charge on any atom is 0.262 e. The van der Waals surface area contributed by atoms with Crippen molar-refractivity contribution < 1.29 is 13.2 Å². The highest BCUT2D eigenvalue weighted by molar-refractivity contribution is 7.92. The van der Waals surface area contributed by atoms with Gasteiger partial charge in [0.1, 0.15) is 4.90 Å². The standard InChI is InChI=1S/C22H24N4O3S/c1-26(2)16-18-11-9-17(10-12-18)14-24-22(27)20-7-3-4-8-21(20)30(28,29)25-19-6-5-13-23-15-19/h3-13,15,25H,14,16H2,1-2H3,(H,24,27). The van der Waals surface area contributed by atoms with Gasteiger partial charge in [0.15, 0.2) is 0 Å². The van der Waals surface area contributed by atoms with Crippen molar-refractivity contribution in [2.45, 2.75) is 18.0 Å². The molecular weight excluding hydrogens is 400 g/mol. The number of aromatic nitrogens is 1. The summed E-state index contributed by atoms with van der Waals surface area (Å²) in [4.78, 5) is 18.6. The molecule has 0 aliphatic heterocycles. The number of hydrogen-bond donors (Lipinski definition) is 2. The minimum Gasteiger partial charge on any atom is -0.348 e. The lowest BCUT2D eigenvalue weighted by molar-refractivity contribution is 0.0947. The van der Waals surface area contributed by atoms with E-state index in [0.717, 1.165) is 12.1 Å². The van der Waals surface area contributed by atoms with Crippen LogP contribution < -0.4 is 10.0 Å². The van der Waals surface area contributed by atoms with Crippen molar-refractivity contribution in [1.29, 1.82) is 0 Å². The van der Waals surface area contributed by atoms with Crippen LogP contribution in [0.25, 0.3) is 0 Å². The molecule has 0 spiro atoms. The minimum absolute atomic E-state index is 0.0816. The number of hydrogen-bond acceptors (Lipinski definition) is 5. The van der Waals surface area contributed by atoms with Crippen molar-refractivity contribution in [3.8, 4) is 0 Å². The smallest absolute Gasteiger partial charge is 0.262 e. The van der Waals surface area contributed by atoms with Gasteiger partial charge in [-0.15, -0.1) is 0 Å². The quantitative estimate of drug-likeness (QED) is 0.580. The van der Waals surface area contributed by atoms with Gasteiger partial charge in [-0.05, 0) is 49.5 Å². The van der Waals surface area contributed by atoms with Crippen LogP contribution in [0.15, 0.2) is 78.0 Å². The van der Waals surface area contributed by atoms with Crippen LogP contribution in [0.2, 0.25) is 0 Å². The fourth-order valence-corrected chi connectivity index (χ4v) is 4.18. The van der Waals surface area contributed by atoms with E-state index in [9.17, 15) is 13.2 Å². The number of carbonyl (C=O) groups excluding carboxylic acids is 1. The molecule has 156 valence electrons. The number of anilines is 1. The van der Waals surface area contributed by atoms with E-state index in [2.05, 4.69) is 19.9 Å². The van der Waals surface area contributed by atoms with E-state index in [1.807, 2.05) is 38.4 Å². The van der Waals surface area contributed by atoms with Gasteiger partial charge >= 0.3 is 0 Å². The molecule has 1 amide bonds. The van der Waals surface area contributed by atoms with E-state index in [4.69, 9.17) is 0 Å². The van der Waals surface area contributed by atoms with E-state index < -0.39 is 15.9 Å². The van der Waals surface area contributed by atoms with Gasteiger partial charge in [0.25, 0.3) is 15.9 Å². The van der Waals surface area contributed by atoms with Crippen molar-refractivity contribution in [3.05, 3.63) is 89.7 Å². The lowest BCUT2D eigenvalue weighted by atomic mass is 10.1. The SMILES string of the molecule is CN(C)Cc1ccc(CNC(=O)c2ccccc2S(=O)(=O)Nc2cccnc2)cc1. The molecule has 3 rings (SSSR count). The molecule has 0 bridgehead atoms. The molecule has 2 N–H and O–H groups in total. The van der Waals surface area contributed by atoms with Crippen LogP contribution in [0.3, 0.4) is 0 Å². The van der Waals surface area contributed by atoms with Crippen LogP contribution in [-0.2, 0) is 23.1 Å². The Morgan fingerprint density at radius 2 is 1.67 bits per heavy atom. The summed E-state index contributed by atoms with van der Waals surface area (Å²) < 4.78 is 28.1. The van der Waals surface area contributed by atoms with Gasteiger partial charge in [0, 0.05) is 19.3 Å². The fraction of sp³-hybridized carbons (Fsp3) is 0.182. The second kappa shape index (κ2) is 9.51. The number of carbonyl (C=O) groups is 1. The fourth-order valence-electron chi connectivity index (χ4n) is 2.93. The number of nitrogens with zero attached hydrogens (tertiary/aromatic N) is 2. The number of nitrogens with one attached hydrogen (secondary N) is 2. The number of sulfonamides is 1. The summed E-state index contributed by atoms with van der Waals surface area (Å²) >= 11 is 0. The largest absolute Gasteiger partial charge is 0.348 e. The third-order valence-electron chi connectivity index (χ3n) is 4.31. The monoisotopic (exact) mass is 424 g/mol. The van der Waals surface area contributed by atoms with Gasteiger partial charge in [0.05, 0.1) is 17.4 Å². The summed E-state index contributed by atoms with van der Waals surface area (Å²) in [6.45, 7) is 1.13. The summed E-state index contributed by atoms with van der Waals surface area (Å²) in [5, 5.41) is 2.80. The van der Waals surface area contributed by atoms with Gasteiger partial charge in [-0.3, -0.25) is 14.5 Å². The highest BCUT2D eigenvalue weighted by Crippen LogP contribution is 2.19. The molecule has 0 fully saturated rings. The first-order chi connectivity index (χ1) is 14.3. The third kappa shape index (κ3) is 5.65. The lowest BCUT2D eigenvalue weighted by Gasteiger charge is -2.13. The highest BCUT2D eigenvalue weighted by atomic mass is 32.2. The molecule has 0 unspecified atom stereocenters. The predicted molar refractivity (Wildman–Crippen MR) is 116 cm³/mol. The molecule has 0 aliphatic rings. The molecule has 0 saturated heterocycles. The van der Waals surface area contributed by atoms with Crippen molar-refractivity contribution >= 4 is 21.6 Å². The number of pyridine rings is 1. The molecule has 8 heteroatoms. The second-order valence-electron chi connectivity index (χ2n) is 7.08. The highest BCUT2D eigenvalue weighted by Gasteiger charge is 2.22. The van der Waals surface area contributed by atoms with Crippen LogP contribution in [0.1, 0.15) is 21.5 Å². The second-order valence-corrected chi connectivity index (χ2v) is 8.73. The van der Waals surface area contributed by atoms with E-state index in [0.29, 0.717) is 12.2 Å². The van der Waals surface area contributed by atoms with E-state index in [-0.39, 0.29) is 10.5 Å². The van der Waals surface area contributed by atoms with Crippen molar-refractivity contribution in [1.82, 2.24) is 15.2 Å². The van der Waals surface area contributed by atoms with Crippen molar-refractivity contribution in [2.75, 3.05) is 18.8 Å². The Kier molecular flexibility index (Phi) is 6.81. The number of benzene rings is 2. The predicted octanol–water partition coefficient (Wildman–Crippen LogP) is 2.87. The summed E-state index contributed by atoms with van der Waals surface area (Å²) in [5.41, 5.74) is 2.51. The maximum atomic E-state index is 12.8. The Morgan fingerprint density at radius 1 is 0.967 bits per heavy atom.